The minimum Gasteiger partial charge on any atom is -0.502 e. The van der Waals surface area contributed by atoms with Gasteiger partial charge in [0.15, 0.2) is 5.75 Å². The number of ether oxygens (including phenoxy) is 1. The number of hydrogen-bond donors (Lipinski definition) is 3. The fraction of sp³-hybridized carbons (Fsp3) is 0.0909. The second kappa shape index (κ2) is 9.94. The van der Waals surface area contributed by atoms with E-state index in [1.807, 2.05) is 19.1 Å². The predicted octanol–water partition coefficient (Wildman–Crippen LogP) is 3.59. The van der Waals surface area contributed by atoms with Crippen molar-refractivity contribution in [3.05, 3.63) is 88.4 Å². The van der Waals surface area contributed by atoms with Crippen LogP contribution in [0.15, 0.2) is 71.4 Å². The van der Waals surface area contributed by atoms with Crippen LogP contribution in [0, 0.1) is 10.1 Å². The first-order valence-corrected chi connectivity index (χ1v) is 9.40. The van der Waals surface area contributed by atoms with E-state index >= 15 is 0 Å². The number of rotatable bonds is 7. The van der Waals surface area contributed by atoms with E-state index < -0.39 is 28.2 Å². The number of aromatic hydroxyl groups is 1. The smallest absolute Gasteiger partial charge is 0.311 e. The highest BCUT2D eigenvalue weighted by atomic mass is 16.6. The number of benzene rings is 2. The SMILES string of the molecule is C/C=C/COc1cccc(-c2ccoc2C(=O)NNC(=O)c2ccc(O)c([N+](=O)[O-])c2)c1. The number of nitro benzene ring substituents is 1. The summed E-state index contributed by atoms with van der Waals surface area (Å²) in [7, 11) is 0. The van der Waals surface area contributed by atoms with Gasteiger partial charge in [-0.05, 0) is 42.8 Å². The molecule has 0 spiro atoms. The number of phenolic OH excluding ortho intramolecular Hbond substituents is 1. The Morgan fingerprint density at radius 1 is 1.16 bits per heavy atom. The Kier molecular flexibility index (Phi) is 6.86. The summed E-state index contributed by atoms with van der Waals surface area (Å²) >= 11 is 0. The molecule has 0 aliphatic carbocycles. The first-order valence-electron chi connectivity index (χ1n) is 9.40. The molecule has 164 valence electrons. The third-order valence-corrected chi connectivity index (χ3v) is 4.32. The average Bonchev–Trinajstić information content (AvgIpc) is 3.28. The fourth-order valence-corrected chi connectivity index (χ4v) is 2.76. The van der Waals surface area contributed by atoms with Gasteiger partial charge in [-0.25, -0.2) is 0 Å². The minimum atomic E-state index is -0.823. The Balaban J connectivity index is 1.71. The summed E-state index contributed by atoms with van der Waals surface area (Å²) in [6, 6.07) is 11.8. The topological polar surface area (TPSA) is 144 Å². The zero-order valence-corrected chi connectivity index (χ0v) is 16.9. The number of carbonyl (C=O) groups is 2. The van der Waals surface area contributed by atoms with Crippen molar-refractivity contribution in [2.45, 2.75) is 6.92 Å². The molecule has 3 aromatic rings. The molecule has 1 aromatic heterocycles. The van der Waals surface area contributed by atoms with Crippen molar-refractivity contribution in [2.24, 2.45) is 0 Å². The lowest BCUT2D eigenvalue weighted by Gasteiger charge is -2.09. The van der Waals surface area contributed by atoms with E-state index in [-0.39, 0.29) is 11.3 Å². The number of hydrazine groups is 1. The van der Waals surface area contributed by atoms with Gasteiger partial charge in [-0.2, -0.15) is 0 Å². The lowest BCUT2D eigenvalue weighted by atomic mass is 10.1. The van der Waals surface area contributed by atoms with Gasteiger partial charge in [0.25, 0.3) is 5.91 Å². The molecule has 10 nitrogen and oxygen atoms in total. The summed E-state index contributed by atoms with van der Waals surface area (Å²) in [5.41, 5.74) is 4.76. The third-order valence-electron chi connectivity index (χ3n) is 4.32. The van der Waals surface area contributed by atoms with Crippen LogP contribution in [0.4, 0.5) is 5.69 Å². The highest BCUT2D eigenvalue weighted by Gasteiger charge is 2.20. The Morgan fingerprint density at radius 2 is 1.94 bits per heavy atom. The largest absolute Gasteiger partial charge is 0.502 e. The van der Waals surface area contributed by atoms with E-state index in [0.717, 1.165) is 12.1 Å². The van der Waals surface area contributed by atoms with E-state index in [4.69, 9.17) is 9.15 Å². The van der Waals surface area contributed by atoms with E-state index in [2.05, 4.69) is 10.9 Å². The van der Waals surface area contributed by atoms with E-state index in [0.29, 0.717) is 23.5 Å². The highest BCUT2D eigenvalue weighted by molar-refractivity contribution is 6.01. The van der Waals surface area contributed by atoms with Gasteiger partial charge >= 0.3 is 11.6 Å². The van der Waals surface area contributed by atoms with E-state index in [1.165, 1.54) is 12.3 Å². The van der Waals surface area contributed by atoms with Crippen LogP contribution in [0.3, 0.4) is 0 Å². The van der Waals surface area contributed by atoms with E-state index in [1.54, 1.807) is 30.3 Å². The molecule has 1 heterocycles. The number of carbonyl (C=O) groups excluding carboxylic acids is 2. The lowest BCUT2D eigenvalue weighted by Crippen LogP contribution is -2.41. The van der Waals surface area contributed by atoms with Crippen molar-refractivity contribution in [1.82, 2.24) is 10.9 Å². The lowest BCUT2D eigenvalue weighted by molar-refractivity contribution is -0.385. The van der Waals surface area contributed by atoms with E-state index in [9.17, 15) is 24.8 Å². The number of phenols is 1. The molecule has 0 aliphatic rings. The molecule has 0 unspecified atom stereocenters. The number of hydrogen-bond acceptors (Lipinski definition) is 7. The molecule has 0 radical (unpaired) electrons. The van der Waals surface area contributed by atoms with Gasteiger partial charge in [0, 0.05) is 17.2 Å². The minimum absolute atomic E-state index is 0.0485. The number of amides is 2. The molecule has 2 amide bonds. The Bertz CT molecular complexity index is 1180. The van der Waals surface area contributed by atoms with Crippen LogP contribution in [-0.2, 0) is 0 Å². The van der Waals surface area contributed by atoms with Crippen LogP contribution in [0.25, 0.3) is 11.1 Å². The molecule has 2 aromatic carbocycles. The van der Waals surface area contributed by atoms with Crippen molar-refractivity contribution in [3.8, 4) is 22.6 Å². The molecule has 0 bridgehead atoms. The maximum Gasteiger partial charge on any atom is 0.311 e. The monoisotopic (exact) mass is 437 g/mol. The van der Waals surface area contributed by atoms with Gasteiger partial charge in [-0.15, -0.1) is 0 Å². The third kappa shape index (κ3) is 5.11. The maximum atomic E-state index is 12.6. The molecule has 32 heavy (non-hydrogen) atoms. The maximum absolute atomic E-state index is 12.6. The summed E-state index contributed by atoms with van der Waals surface area (Å²) in [5.74, 6) is -1.56. The fourth-order valence-electron chi connectivity index (χ4n) is 2.76. The molecular formula is C22H19N3O7. The molecule has 0 fully saturated rings. The van der Waals surface area contributed by atoms with Crippen molar-refractivity contribution in [2.75, 3.05) is 6.61 Å². The van der Waals surface area contributed by atoms with Gasteiger partial charge in [0.05, 0.1) is 11.2 Å². The van der Waals surface area contributed by atoms with Crippen LogP contribution in [0.1, 0.15) is 27.8 Å². The molecule has 0 atom stereocenters. The molecule has 0 saturated heterocycles. The standard InChI is InChI=1S/C22H19N3O7/c1-2-3-10-31-16-6-4-5-14(12-16)17-9-11-32-20(17)22(28)24-23-21(27)15-7-8-19(26)18(13-15)25(29)30/h2-9,11-13,26H,10H2,1H3,(H,23,27)(H,24,28)/b3-2+. The summed E-state index contributed by atoms with van der Waals surface area (Å²) in [4.78, 5) is 34.9. The highest BCUT2D eigenvalue weighted by Crippen LogP contribution is 2.28. The van der Waals surface area contributed by atoms with Gasteiger partial charge in [0.1, 0.15) is 12.4 Å². The van der Waals surface area contributed by atoms with Gasteiger partial charge in [-0.3, -0.25) is 30.6 Å². The summed E-state index contributed by atoms with van der Waals surface area (Å²) < 4.78 is 10.9. The quantitative estimate of drug-likeness (QED) is 0.291. The molecule has 0 aliphatic heterocycles. The summed E-state index contributed by atoms with van der Waals surface area (Å²) in [6.07, 6.45) is 5.06. The molecule has 10 heteroatoms. The molecule has 3 rings (SSSR count). The normalized spacial score (nSPS) is 10.7. The molecule has 3 N–H and O–H groups in total. The Hall–Kier alpha value is -4.60. The first kappa shape index (κ1) is 22.1. The zero-order valence-electron chi connectivity index (χ0n) is 16.9. The first-order chi connectivity index (χ1) is 15.4. The number of nitrogens with one attached hydrogen (secondary N) is 2. The van der Waals surface area contributed by atoms with Crippen molar-refractivity contribution >= 4 is 17.5 Å². The summed E-state index contributed by atoms with van der Waals surface area (Å²) in [6.45, 7) is 2.29. The van der Waals surface area contributed by atoms with Gasteiger partial charge in [0.2, 0.25) is 5.76 Å². The second-order valence-electron chi connectivity index (χ2n) is 6.44. The number of nitro groups is 1. The zero-order chi connectivity index (χ0) is 23.1. The number of furan rings is 1. The van der Waals surface area contributed by atoms with Crippen LogP contribution in [0.5, 0.6) is 11.5 Å². The van der Waals surface area contributed by atoms with Gasteiger partial charge in [-0.1, -0.05) is 24.3 Å². The van der Waals surface area contributed by atoms with Crippen LogP contribution >= 0.6 is 0 Å². The van der Waals surface area contributed by atoms with Crippen LogP contribution in [0.2, 0.25) is 0 Å². The van der Waals surface area contributed by atoms with Crippen LogP contribution in [-0.4, -0.2) is 28.5 Å². The van der Waals surface area contributed by atoms with Crippen molar-refractivity contribution in [3.63, 3.8) is 0 Å². The molecule has 0 saturated carbocycles. The number of nitrogens with zero attached hydrogens (tertiary/aromatic N) is 1. The van der Waals surface area contributed by atoms with Crippen molar-refractivity contribution < 1.29 is 28.8 Å². The van der Waals surface area contributed by atoms with Crippen molar-refractivity contribution in [1.29, 1.82) is 0 Å². The second-order valence-corrected chi connectivity index (χ2v) is 6.44. The Labute approximate surface area is 182 Å². The summed E-state index contributed by atoms with van der Waals surface area (Å²) in [5, 5.41) is 20.4. The Morgan fingerprint density at radius 3 is 2.69 bits per heavy atom. The van der Waals surface area contributed by atoms with Gasteiger partial charge < -0.3 is 14.3 Å². The number of allylic oxidation sites excluding steroid dienone is 1. The predicted molar refractivity (Wildman–Crippen MR) is 114 cm³/mol. The average molecular weight is 437 g/mol. The van der Waals surface area contributed by atoms with Crippen LogP contribution < -0.4 is 15.6 Å². The molecular weight excluding hydrogens is 418 g/mol.